The number of rotatable bonds is 8. The van der Waals surface area contributed by atoms with Gasteiger partial charge >= 0.3 is 0 Å². The number of aliphatic imine (C=N–C) groups is 1. The Kier molecular flexibility index (Phi) is 7.11. The van der Waals surface area contributed by atoms with Crippen LogP contribution < -0.4 is 10.6 Å². The molecule has 1 amide bonds. The van der Waals surface area contributed by atoms with Gasteiger partial charge in [-0.05, 0) is 42.6 Å². The van der Waals surface area contributed by atoms with Crippen molar-refractivity contribution in [1.29, 1.82) is 0 Å². The summed E-state index contributed by atoms with van der Waals surface area (Å²) in [6.07, 6.45) is 3.52. The van der Waals surface area contributed by atoms with Crippen LogP contribution in [0.5, 0.6) is 0 Å². The molecule has 200 valence electrons. The highest BCUT2D eigenvalue weighted by atomic mass is 28.3. The quantitative estimate of drug-likeness (QED) is 0.304. The Balaban J connectivity index is 1.71. The summed E-state index contributed by atoms with van der Waals surface area (Å²) in [7, 11) is 0.563. The van der Waals surface area contributed by atoms with Gasteiger partial charge in [0.2, 0.25) is 0 Å². The highest BCUT2D eigenvalue weighted by Gasteiger charge is 2.46. The minimum absolute atomic E-state index is 0.120. The van der Waals surface area contributed by atoms with Crippen LogP contribution >= 0.6 is 0 Å². The molecule has 10 heteroatoms. The number of halogens is 1. The molecular formula is C27H39FN6O2Si. The number of aromatic nitrogens is 3. The molecule has 0 spiro atoms. The van der Waals surface area contributed by atoms with Gasteiger partial charge in [-0.25, -0.2) is 9.38 Å². The Morgan fingerprint density at radius 2 is 2.00 bits per heavy atom. The number of anilines is 1. The van der Waals surface area contributed by atoms with Gasteiger partial charge in [0.25, 0.3) is 5.91 Å². The summed E-state index contributed by atoms with van der Waals surface area (Å²) in [6, 6.07) is 7.34. The van der Waals surface area contributed by atoms with E-state index < -0.39 is 13.6 Å². The zero-order valence-electron chi connectivity index (χ0n) is 23.1. The van der Waals surface area contributed by atoms with Crippen LogP contribution in [0.15, 0.2) is 35.5 Å². The molecule has 2 aromatic heterocycles. The summed E-state index contributed by atoms with van der Waals surface area (Å²) in [4.78, 5) is 18.8. The average molecular weight is 527 g/mol. The minimum atomic E-state index is -1.38. The Morgan fingerprint density at radius 1 is 1.27 bits per heavy atom. The van der Waals surface area contributed by atoms with Crippen molar-refractivity contribution < 1.29 is 13.9 Å². The molecule has 1 unspecified atom stereocenters. The third-order valence-corrected chi connectivity index (χ3v) is 8.77. The van der Waals surface area contributed by atoms with Crippen molar-refractivity contribution in [2.24, 2.45) is 17.5 Å². The maximum Gasteiger partial charge on any atom is 0.258 e. The predicted octanol–water partition coefficient (Wildman–Crippen LogP) is 5.40. The van der Waals surface area contributed by atoms with Crippen LogP contribution in [0.3, 0.4) is 0 Å². The van der Waals surface area contributed by atoms with Gasteiger partial charge in [0.1, 0.15) is 18.2 Å². The van der Waals surface area contributed by atoms with Crippen LogP contribution in [0.25, 0.3) is 10.9 Å². The van der Waals surface area contributed by atoms with Crippen LogP contribution in [0, 0.1) is 11.2 Å². The van der Waals surface area contributed by atoms with E-state index in [1.807, 2.05) is 23.8 Å². The summed E-state index contributed by atoms with van der Waals surface area (Å²) < 4.78 is 23.5. The van der Waals surface area contributed by atoms with E-state index in [4.69, 9.17) is 9.73 Å². The van der Waals surface area contributed by atoms with Crippen molar-refractivity contribution in [3.8, 4) is 0 Å². The van der Waals surface area contributed by atoms with Crippen LogP contribution in [0.2, 0.25) is 25.7 Å². The fraction of sp³-hybridized carbons (Fsp3) is 0.519. The smallest absolute Gasteiger partial charge is 0.258 e. The molecule has 2 atom stereocenters. The van der Waals surface area contributed by atoms with Crippen LogP contribution in [0.4, 0.5) is 15.9 Å². The van der Waals surface area contributed by atoms with Crippen molar-refractivity contribution in [1.82, 2.24) is 19.7 Å². The number of ether oxygens (including phenoxy) is 1. The first-order valence-electron chi connectivity index (χ1n) is 12.8. The Morgan fingerprint density at radius 3 is 2.68 bits per heavy atom. The van der Waals surface area contributed by atoms with Crippen molar-refractivity contribution in [2.75, 3.05) is 11.9 Å². The molecule has 3 aromatic rings. The molecule has 1 aliphatic heterocycles. The van der Waals surface area contributed by atoms with Gasteiger partial charge < -0.3 is 19.9 Å². The van der Waals surface area contributed by atoms with E-state index in [0.717, 1.165) is 6.04 Å². The van der Waals surface area contributed by atoms with E-state index in [2.05, 4.69) is 56.1 Å². The van der Waals surface area contributed by atoms with Gasteiger partial charge in [-0.1, -0.05) is 40.4 Å². The number of amides is 1. The number of hydrogen-bond acceptors (Lipinski definition) is 5. The molecule has 0 bridgehead atoms. The van der Waals surface area contributed by atoms with Gasteiger partial charge in [0, 0.05) is 45.6 Å². The molecule has 0 radical (unpaired) electrons. The number of benzene rings is 1. The topological polar surface area (TPSA) is 85.5 Å². The van der Waals surface area contributed by atoms with Gasteiger partial charge in [-0.15, -0.1) is 0 Å². The van der Waals surface area contributed by atoms with E-state index in [9.17, 15) is 9.18 Å². The van der Waals surface area contributed by atoms with Crippen LogP contribution in [-0.2, 0) is 28.8 Å². The molecule has 4 rings (SSSR count). The van der Waals surface area contributed by atoms with Crippen LogP contribution in [-0.4, -0.2) is 47.2 Å². The lowest BCUT2D eigenvalue weighted by Crippen LogP contribution is -2.56. The molecule has 1 aromatic carbocycles. The highest BCUT2D eigenvalue weighted by Crippen LogP contribution is 2.39. The normalized spacial score (nSPS) is 18.5. The molecule has 2 N–H and O–H groups in total. The molecule has 8 nitrogen and oxygen atoms in total. The highest BCUT2D eigenvalue weighted by molar-refractivity contribution is 6.76. The lowest BCUT2D eigenvalue weighted by molar-refractivity contribution is -0.125. The predicted molar refractivity (Wildman–Crippen MR) is 150 cm³/mol. The second-order valence-electron chi connectivity index (χ2n) is 12.3. The summed E-state index contributed by atoms with van der Waals surface area (Å²) in [5, 5.41) is 12.0. The molecule has 0 saturated heterocycles. The van der Waals surface area contributed by atoms with E-state index in [0.29, 0.717) is 41.4 Å². The number of nitrogens with zero attached hydrogens (tertiary/aromatic N) is 4. The fourth-order valence-corrected chi connectivity index (χ4v) is 4.90. The SMILES string of the molecule is C[C@H](NC(=O)C1(c2nn(C)c3cc(F)ccc23)C=Nc2c(ccn2COCC[Si](C)(C)C)N1)C(C)(C)C. The number of carbonyl (C=O) groups is 1. The summed E-state index contributed by atoms with van der Waals surface area (Å²) in [6.45, 7) is 16.3. The maximum absolute atomic E-state index is 14.0. The Hall–Kier alpha value is -2.98. The van der Waals surface area contributed by atoms with Crippen molar-refractivity contribution >= 4 is 42.6 Å². The Bertz CT molecular complexity index is 1330. The average Bonchev–Trinajstić information content (AvgIpc) is 3.35. The monoisotopic (exact) mass is 526 g/mol. The number of carbonyl (C=O) groups excluding carboxylic acids is 1. The summed E-state index contributed by atoms with van der Waals surface area (Å²) in [5.41, 5.74) is 0.238. The van der Waals surface area contributed by atoms with Gasteiger partial charge in [-0.3, -0.25) is 9.48 Å². The van der Waals surface area contributed by atoms with E-state index in [-0.39, 0.29) is 23.2 Å². The van der Waals surface area contributed by atoms with Gasteiger partial charge in [0.05, 0.1) is 11.2 Å². The molecule has 37 heavy (non-hydrogen) atoms. The Labute approximate surface area is 219 Å². The molecule has 1 aliphatic rings. The van der Waals surface area contributed by atoms with E-state index in [1.54, 1.807) is 24.0 Å². The summed E-state index contributed by atoms with van der Waals surface area (Å²) >= 11 is 0. The molecule has 0 fully saturated rings. The fourth-order valence-electron chi connectivity index (χ4n) is 4.15. The van der Waals surface area contributed by atoms with Gasteiger partial charge in [-0.2, -0.15) is 5.10 Å². The van der Waals surface area contributed by atoms with Crippen LogP contribution in [0.1, 0.15) is 33.4 Å². The number of nitrogens with one attached hydrogen (secondary N) is 2. The van der Waals surface area contributed by atoms with Crippen molar-refractivity contribution in [2.45, 2.75) is 71.7 Å². The minimum Gasteiger partial charge on any atom is -0.361 e. The zero-order chi connectivity index (χ0) is 27.2. The first-order valence-corrected chi connectivity index (χ1v) is 16.5. The third-order valence-electron chi connectivity index (χ3n) is 7.07. The molecular weight excluding hydrogens is 487 g/mol. The van der Waals surface area contributed by atoms with E-state index in [1.165, 1.54) is 12.1 Å². The lowest BCUT2D eigenvalue weighted by Gasteiger charge is -2.36. The third kappa shape index (κ3) is 5.50. The van der Waals surface area contributed by atoms with E-state index >= 15 is 0 Å². The lowest BCUT2D eigenvalue weighted by atomic mass is 9.86. The number of aryl methyl sites for hydroxylation is 1. The first-order chi connectivity index (χ1) is 17.2. The number of fused-ring (bicyclic) bond motifs is 2. The molecule has 0 aliphatic carbocycles. The zero-order valence-corrected chi connectivity index (χ0v) is 24.1. The second-order valence-corrected chi connectivity index (χ2v) is 17.9. The standard InChI is InChI=1S/C27H39FN6O2Si/c1-18(26(2,3)4)30-25(35)27(23-20-10-9-19(28)15-22(20)33(5)32-23)16-29-24-21(31-27)11-12-34(24)17-36-13-14-37(6,7)8/h9-12,15-16,18,31H,13-14,17H2,1-8H3,(H,30,35)/t18-,27?/m0/s1. The molecule has 3 heterocycles. The van der Waals surface area contributed by atoms with Gasteiger partial charge in [0.15, 0.2) is 11.4 Å². The van der Waals surface area contributed by atoms with Crippen molar-refractivity contribution in [3.05, 3.63) is 42.0 Å². The summed E-state index contributed by atoms with van der Waals surface area (Å²) in [5.74, 6) is 0.0556. The second kappa shape index (κ2) is 9.72. The van der Waals surface area contributed by atoms with Crippen molar-refractivity contribution in [3.63, 3.8) is 0 Å². The largest absolute Gasteiger partial charge is 0.361 e. The number of hydrogen-bond donors (Lipinski definition) is 2. The molecule has 0 saturated carbocycles. The first kappa shape index (κ1) is 27.1. The maximum atomic E-state index is 14.0.